The largest absolute Gasteiger partial charge is 0.270 e. The molecule has 5 heteroatoms. The van der Waals surface area contributed by atoms with Gasteiger partial charge in [0, 0.05) is 15.6 Å². The van der Waals surface area contributed by atoms with Crippen LogP contribution in [0.25, 0.3) is 21.9 Å². The Balaban J connectivity index is 1.65. The van der Waals surface area contributed by atoms with Crippen LogP contribution in [0.3, 0.4) is 0 Å². The maximum absolute atomic E-state index is 12.9. The summed E-state index contributed by atoms with van der Waals surface area (Å²) in [6.45, 7) is 0. The number of halogens is 1. The first-order valence-electron chi connectivity index (χ1n) is 9.06. The van der Waals surface area contributed by atoms with Crippen molar-refractivity contribution in [2.45, 2.75) is 0 Å². The van der Waals surface area contributed by atoms with Gasteiger partial charge in [-0.25, -0.2) is 0 Å². The van der Waals surface area contributed by atoms with Crippen LogP contribution in [0, 0.1) is 0 Å². The molecule has 0 aliphatic heterocycles. The lowest BCUT2D eigenvalue weighted by Gasteiger charge is -2.12. The van der Waals surface area contributed by atoms with Gasteiger partial charge in [-0.3, -0.25) is 20.4 Å². The highest BCUT2D eigenvalue weighted by Gasteiger charge is 2.14. The summed E-state index contributed by atoms with van der Waals surface area (Å²) in [6.07, 6.45) is 0. The van der Waals surface area contributed by atoms with Crippen molar-refractivity contribution >= 4 is 38.5 Å². The number of amides is 2. The van der Waals surface area contributed by atoms with Crippen LogP contribution in [-0.4, -0.2) is 11.8 Å². The van der Waals surface area contributed by atoms with Gasteiger partial charge < -0.3 is 0 Å². The average Bonchev–Trinajstić information content (AvgIpc) is 2.77. The molecule has 0 unspecified atom stereocenters. The van der Waals surface area contributed by atoms with Crippen molar-refractivity contribution in [3.63, 3.8) is 0 Å². The number of fused-ring (bicyclic) bond motifs is 1. The summed E-state index contributed by atoms with van der Waals surface area (Å²) < 4.78 is 0.989. The van der Waals surface area contributed by atoms with Gasteiger partial charge in [0.15, 0.2) is 0 Å². The van der Waals surface area contributed by atoms with Crippen LogP contribution in [0.5, 0.6) is 0 Å². The second-order valence-electron chi connectivity index (χ2n) is 6.53. The summed E-state index contributed by atoms with van der Waals surface area (Å²) in [6, 6.07) is 28.2. The number of hydrazine groups is 1. The molecule has 0 heterocycles. The Morgan fingerprint density at radius 2 is 1.31 bits per heavy atom. The molecule has 0 fully saturated rings. The van der Waals surface area contributed by atoms with E-state index in [-0.39, 0.29) is 11.8 Å². The normalized spacial score (nSPS) is 10.5. The first-order chi connectivity index (χ1) is 14.1. The monoisotopic (exact) mass is 444 g/mol. The van der Waals surface area contributed by atoms with Crippen LogP contribution in [0.2, 0.25) is 0 Å². The fourth-order valence-electron chi connectivity index (χ4n) is 3.15. The van der Waals surface area contributed by atoms with Crippen molar-refractivity contribution < 1.29 is 9.59 Å². The van der Waals surface area contributed by atoms with E-state index < -0.39 is 0 Å². The van der Waals surface area contributed by atoms with Crippen LogP contribution < -0.4 is 10.9 Å². The van der Waals surface area contributed by atoms with E-state index in [2.05, 4.69) is 32.8 Å². The lowest BCUT2D eigenvalue weighted by Crippen LogP contribution is -2.41. The van der Waals surface area contributed by atoms with Crippen LogP contribution in [0.1, 0.15) is 20.7 Å². The summed E-state index contributed by atoms with van der Waals surface area (Å²) in [4.78, 5) is 25.1. The molecule has 0 spiro atoms. The zero-order chi connectivity index (χ0) is 20.2. The molecule has 4 rings (SSSR count). The van der Waals surface area contributed by atoms with E-state index in [0.717, 1.165) is 26.4 Å². The number of hydrogen-bond donors (Lipinski definition) is 2. The quantitative estimate of drug-likeness (QED) is 0.418. The topological polar surface area (TPSA) is 58.2 Å². The van der Waals surface area contributed by atoms with E-state index in [1.54, 1.807) is 24.3 Å². The Morgan fingerprint density at radius 3 is 2.07 bits per heavy atom. The first kappa shape index (κ1) is 18.9. The van der Waals surface area contributed by atoms with Gasteiger partial charge in [-0.15, -0.1) is 0 Å². The molecule has 2 N–H and O–H groups in total. The zero-order valence-electron chi connectivity index (χ0n) is 15.4. The van der Waals surface area contributed by atoms with Crippen LogP contribution in [0.15, 0.2) is 95.5 Å². The smallest absolute Gasteiger partial charge is 0.267 e. The Labute approximate surface area is 176 Å². The lowest BCUT2D eigenvalue weighted by molar-refractivity contribution is 0.0847. The summed E-state index contributed by atoms with van der Waals surface area (Å²) >= 11 is 3.44. The van der Waals surface area contributed by atoms with Crippen molar-refractivity contribution in [3.8, 4) is 11.1 Å². The van der Waals surface area contributed by atoms with Crippen LogP contribution >= 0.6 is 15.9 Å². The molecule has 0 aromatic heterocycles. The summed E-state index contributed by atoms with van der Waals surface area (Å²) in [5.74, 6) is -0.739. The Hall–Kier alpha value is -3.44. The zero-order valence-corrected chi connectivity index (χ0v) is 16.9. The summed E-state index contributed by atoms with van der Waals surface area (Å²) in [5.41, 5.74) is 7.91. The van der Waals surface area contributed by atoms with Crippen LogP contribution in [-0.2, 0) is 0 Å². The molecule has 0 aliphatic rings. The number of carbonyl (C=O) groups excluding carboxylic acids is 2. The minimum Gasteiger partial charge on any atom is -0.267 e. The van der Waals surface area contributed by atoms with Crippen molar-refractivity contribution in [1.29, 1.82) is 0 Å². The lowest BCUT2D eigenvalue weighted by atomic mass is 9.96. The van der Waals surface area contributed by atoms with Gasteiger partial charge in [-0.1, -0.05) is 70.5 Å². The van der Waals surface area contributed by atoms with Gasteiger partial charge in [0.2, 0.25) is 0 Å². The minimum atomic E-state index is -0.371. The molecule has 0 radical (unpaired) electrons. The fourth-order valence-corrected chi connectivity index (χ4v) is 3.41. The number of carbonyl (C=O) groups is 2. The molecule has 0 aliphatic carbocycles. The predicted octanol–water partition coefficient (Wildman–Crippen LogP) is 5.34. The number of nitrogens with one attached hydrogen (secondary N) is 2. The second-order valence-corrected chi connectivity index (χ2v) is 7.44. The molecule has 4 aromatic carbocycles. The second kappa shape index (κ2) is 8.29. The Kier molecular flexibility index (Phi) is 5.40. The van der Waals surface area contributed by atoms with E-state index in [0.29, 0.717) is 11.1 Å². The van der Waals surface area contributed by atoms with Gasteiger partial charge in [0.25, 0.3) is 11.8 Å². The number of hydrogen-bond acceptors (Lipinski definition) is 2. The highest BCUT2D eigenvalue weighted by molar-refractivity contribution is 9.10. The molecule has 142 valence electrons. The molecular weight excluding hydrogens is 428 g/mol. The van der Waals surface area contributed by atoms with Gasteiger partial charge in [0.05, 0.1) is 0 Å². The van der Waals surface area contributed by atoms with Crippen LogP contribution in [0.4, 0.5) is 0 Å². The molecular formula is C24H17BrN2O2. The molecule has 0 saturated heterocycles. The van der Waals surface area contributed by atoms with E-state index in [9.17, 15) is 9.59 Å². The molecule has 2 amide bonds. The van der Waals surface area contributed by atoms with E-state index in [1.165, 1.54) is 0 Å². The molecule has 0 atom stereocenters. The highest BCUT2D eigenvalue weighted by atomic mass is 79.9. The molecule has 0 bridgehead atoms. The van der Waals surface area contributed by atoms with Crippen molar-refractivity contribution in [2.24, 2.45) is 0 Å². The van der Waals surface area contributed by atoms with E-state index in [4.69, 9.17) is 0 Å². The highest BCUT2D eigenvalue weighted by Crippen LogP contribution is 2.28. The number of benzene rings is 4. The van der Waals surface area contributed by atoms with E-state index >= 15 is 0 Å². The maximum Gasteiger partial charge on any atom is 0.270 e. The third kappa shape index (κ3) is 4.20. The fraction of sp³-hybridized carbons (Fsp3) is 0. The molecule has 4 aromatic rings. The van der Waals surface area contributed by atoms with Gasteiger partial charge in [-0.05, 0) is 58.3 Å². The molecule has 0 saturated carbocycles. The van der Waals surface area contributed by atoms with Crippen molar-refractivity contribution in [2.75, 3.05) is 0 Å². The standard InChI is InChI=1S/C24H17BrN2O2/c25-20-12-10-16(11-13-20)19-14-18-8-4-5-9-21(18)22(15-19)24(29)27-26-23(28)17-6-2-1-3-7-17/h1-15H,(H,26,28)(H,27,29). The summed E-state index contributed by atoms with van der Waals surface area (Å²) in [5, 5.41) is 1.77. The maximum atomic E-state index is 12.9. The van der Waals surface area contributed by atoms with Crippen molar-refractivity contribution in [3.05, 3.63) is 107 Å². The SMILES string of the molecule is O=C(NNC(=O)c1cc(-c2ccc(Br)cc2)cc2ccccc12)c1ccccc1. The molecule has 29 heavy (non-hydrogen) atoms. The Morgan fingerprint density at radius 1 is 0.655 bits per heavy atom. The third-order valence-electron chi connectivity index (χ3n) is 4.61. The average molecular weight is 445 g/mol. The number of rotatable bonds is 3. The van der Waals surface area contributed by atoms with Gasteiger partial charge in [-0.2, -0.15) is 0 Å². The van der Waals surface area contributed by atoms with Gasteiger partial charge in [0.1, 0.15) is 0 Å². The third-order valence-corrected chi connectivity index (χ3v) is 5.14. The van der Waals surface area contributed by atoms with Crippen molar-refractivity contribution in [1.82, 2.24) is 10.9 Å². The predicted molar refractivity (Wildman–Crippen MR) is 118 cm³/mol. The van der Waals surface area contributed by atoms with Gasteiger partial charge >= 0.3 is 0 Å². The first-order valence-corrected chi connectivity index (χ1v) is 9.85. The Bertz CT molecular complexity index is 1190. The van der Waals surface area contributed by atoms with E-state index in [1.807, 2.05) is 60.7 Å². The minimum absolute atomic E-state index is 0.368. The summed E-state index contributed by atoms with van der Waals surface area (Å²) in [7, 11) is 0. The molecule has 4 nitrogen and oxygen atoms in total.